The van der Waals surface area contributed by atoms with Crippen LogP contribution >= 0.6 is 0 Å². The summed E-state index contributed by atoms with van der Waals surface area (Å²) in [6.07, 6.45) is 0. The molecule has 0 spiro atoms. The average Bonchev–Trinajstić information content (AvgIpc) is 2.58. The fourth-order valence-electron chi connectivity index (χ4n) is 1.36. The largest absolute Gasteiger partial charge is 0.460 e. The van der Waals surface area contributed by atoms with E-state index in [-0.39, 0.29) is 0 Å². The third-order valence-corrected chi connectivity index (χ3v) is 2.16. The Morgan fingerprint density at radius 2 is 2.07 bits per heavy atom. The van der Waals surface area contributed by atoms with Crippen LogP contribution in [0.25, 0.3) is 11.5 Å². The van der Waals surface area contributed by atoms with Crippen molar-refractivity contribution in [2.45, 2.75) is 6.92 Å². The van der Waals surface area contributed by atoms with Gasteiger partial charge in [-0.2, -0.15) is 0 Å². The Kier molecular flexibility index (Phi) is 2.07. The SMILES string of the molecule is Cc1ccc(-c2cc(=O)[nH]c(=O)n2C)o1. The molecule has 78 valence electrons. The lowest BCUT2D eigenvalue weighted by Crippen LogP contribution is -2.28. The summed E-state index contributed by atoms with van der Waals surface area (Å²) < 4.78 is 6.68. The molecule has 2 rings (SSSR count). The molecular weight excluding hydrogens is 196 g/mol. The molecule has 0 aliphatic heterocycles. The van der Waals surface area contributed by atoms with Crippen LogP contribution in [-0.4, -0.2) is 9.55 Å². The van der Waals surface area contributed by atoms with Gasteiger partial charge < -0.3 is 4.42 Å². The number of aromatic amines is 1. The van der Waals surface area contributed by atoms with Crippen molar-refractivity contribution >= 4 is 0 Å². The number of hydrogen-bond donors (Lipinski definition) is 1. The van der Waals surface area contributed by atoms with E-state index < -0.39 is 11.2 Å². The Morgan fingerprint density at radius 1 is 1.33 bits per heavy atom. The van der Waals surface area contributed by atoms with Gasteiger partial charge in [0.2, 0.25) is 0 Å². The molecule has 2 aromatic rings. The first-order chi connectivity index (χ1) is 7.08. The molecule has 0 fully saturated rings. The van der Waals surface area contributed by atoms with Crippen LogP contribution in [0.3, 0.4) is 0 Å². The Bertz CT molecular complexity index is 604. The van der Waals surface area contributed by atoms with Crippen molar-refractivity contribution in [3.05, 3.63) is 44.8 Å². The topological polar surface area (TPSA) is 68.0 Å². The highest BCUT2D eigenvalue weighted by Gasteiger charge is 2.08. The molecule has 0 aliphatic rings. The van der Waals surface area contributed by atoms with E-state index in [0.717, 1.165) is 5.76 Å². The molecule has 0 bridgehead atoms. The number of hydrogen-bond acceptors (Lipinski definition) is 3. The molecule has 0 amide bonds. The molecular formula is C10H10N2O3. The van der Waals surface area contributed by atoms with E-state index in [1.54, 1.807) is 26.1 Å². The van der Waals surface area contributed by atoms with E-state index in [1.165, 1.54) is 10.6 Å². The lowest BCUT2D eigenvalue weighted by Gasteiger charge is -2.02. The molecule has 0 aromatic carbocycles. The standard InChI is InChI=1S/C10H10N2O3/c1-6-3-4-8(15-6)7-5-9(13)11-10(14)12(7)2/h3-5H,1-2H3,(H,11,13,14). The van der Waals surface area contributed by atoms with Gasteiger partial charge in [-0.3, -0.25) is 14.3 Å². The van der Waals surface area contributed by atoms with Crippen LogP contribution < -0.4 is 11.2 Å². The van der Waals surface area contributed by atoms with Gasteiger partial charge in [0.05, 0.1) is 5.69 Å². The number of furan rings is 1. The van der Waals surface area contributed by atoms with Crippen molar-refractivity contribution in [1.29, 1.82) is 0 Å². The average molecular weight is 206 g/mol. The molecule has 2 aromatic heterocycles. The van der Waals surface area contributed by atoms with Crippen molar-refractivity contribution in [1.82, 2.24) is 9.55 Å². The van der Waals surface area contributed by atoms with Crippen LogP contribution in [0.5, 0.6) is 0 Å². The third-order valence-electron chi connectivity index (χ3n) is 2.16. The van der Waals surface area contributed by atoms with E-state index in [2.05, 4.69) is 4.98 Å². The zero-order valence-corrected chi connectivity index (χ0v) is 8.40. The van der Waals surface area contributed by atoms with Gasteiger partial charge in [-0.05, 0) is 19.1 Å². The number of nitrogens with one attached hydrogen (secondary N) is 1. The highest BCUT2D eigenvalue weighted by molar-refractivity contribution is 5.51. The van der Waals surface area contributed by atoms with E-state index >= 15 is 0 Å². The van der Waals surface area contributed by atoms with Crippen LogP contribution in [0, 0.1) is 6.92 Å². The number of aromatic nitrogens is 2. The predicted octanol–water partition coefficient (Wildman–Crippen LogP) is 0.642. The molecule has 0 aliphatic carbocycles. The summed E-state index contributed by atoms with van der Waals surface area (Å²) in [5, 5.41) is 0. The molecule has 0 saturated carbocycles. The second-order valence-corrected chi connectivity index (χ2v) is 3.29. The molecule has 5 heteroatoms. The minimum absolute atomic E-state index is 0.429. The van der Waals surface area contributed by atoms with Crippen LogP contribution in [0.4, 0.5) is 0 Å². The number of aryl methyl sites for hydroxylation is 1. The summed E-state index contributed by atoms with van der Waals surface area (Å²) in [7, 11) is 1.57. The van der Waals surface area contributed by atoms with E-state index in [4.69, 9.17) is 4.42 Å². The fraction of sp³-hybridized carbons (Fsp3) is 0.200. The minimum Gasteiger partial charge on any atom is -0.460 e. The Morgan fingerprint density at radius 3 is 2.67 bits per heavy atom. The molecule has 15 heavy (non-hydrogen) atoms. The Balaban J connectivity index is 2.73. The highest BCUT2D eigenvalue weighted by atomic mass is 16.3. The van der Waals surface area contributed by atoms with Crippen molar-refractivity contribution in [2.24, 2.45) is 7.05 Å². The van der Waals surface area contributed by atoms with Gasteiger partial charge in [0.1, 0.15) is 5.76 Å². The zero-order valence-electron chi connectivity index (χ0n) is 8.40. The Hall–Kier alpha value is -2.04. The second kappa shape index (κ2) is 3.27. The van der Waals surface area contributed by atoms with Crippen molar-refractivity contribution in [3.8, 4) is 11.5 Å². The van der Waals surface area contributed by atoms with Gasteiger partial charge in [-0.1, -0.05) is 0 Å². The van der Waals surface area contributed by atoms with E-state index in [9.17, 15) is 9.59 Å². The summed E-state index contributed by atoms with van der Waals surface area (Å²) in [5.74, 6) is 1.25. The van der Waals surface area contributed by atoms with Gasteiger partial charge in [0.25, 0.3) is 5.56 Å². The van der Waals surface area contributed by atoms with Crippen molar-refractivity contribution < 1.29 is 4.42 Å². The lowest BCUT2D eigenvalue weighted by atomic mass is 10.3. The van der Waals surface area contributed by atoms with E-state index in [1.807, 2.05) is 0 Å². The zero-order chi connectivity index (χ0) is 11.0. The predicted molar refractivity (Wildman–Crippen MR) is 54.7 cm³/mol. The number of rotatable bonds is 1. The quantitative estimate of drug-likeness (QED) is 0.744. The molecule has 1 N–H and O–H groups in total. The Labute approximate surface area is 85.0 Å². The van der Waals surface area contributed by atoms with Gasteiger partial charge in [-0.25, -0.2) is 4.79 Å². The first-order valence-corrected chi connectivity index (χ1v) is 4.45. The molecule has 5 nitrogen and oxygen atoms in total. The van der Waals surface area contributed by atoms with E-state index in [0.29, 0.717) is 11.5 Å². The molecule has 0 saturated heterocycles. The van der Waals surface area contributed by atoms with Crippen LogP contribution in [0.15, 0.2) is 32.2 Å². The second-order valence-electron chi connectivity index (χ2n) is 3.29. The van der Waals surface area contributed by atoms with Gasteiger partial charge in [-0.15, -0.1) is 0 Å². The monoisotopic (exact) mass is 206 g/mol. The van der Waals surface area contributed by atoms with Crippen LogP contribution in [-0.2, 0) is 7.05 Å². The molecule has 2 heterocycles. The fourth-order valence-corrected chi connectivity index (χ4v) is 1.36. The van der Waals surface area contributed by atoms with Crippen molar-refractivity contribution in [2.75, 3.05) is 0 Å². The first-order valence-electron chi connectivity index (χ1n) is 4.45. The van der Waals surface area contributed by atoms with Gasteiger partial charge >= 0.3 is 5.69 Å². The maximum Gasteiger partial charge on any atom is 0.328 e. The molecule has 0 atom stereocenters. The van der Waals surface area contributed by atoms with Gasteiger partial charge in [0.15, 0.2) is 5.76 Å². The molecule has 0 radical (unpaired) electrons. The summed E-state index contributed by atoms with van der Waals surface area (Å²) in [4.78, 5) is 24.6. The summed E-state index contributed by atoms with van der Waals surface area (Å²) in [5.41, 5.74) is -0.412. The first kappa shape index (κ1) is 9.51. The third kappa shape index (κ3) is 1.63. The summed E-state index contributed by atoms with van der Waals surface area (Å²) in [6, 6.07) is 4.84. The van der Waals surface area contributed by atoms with Crippen LogP contribution in [0.2, 0.25) is 0 Å². The van der Waals surface area contributed by atoms with Gasteiger partial charge in [0, 0.05) is 13.1 Å². The highest BCUT2D eigenvalue weighted by Crippen LogP contribution is 2.18. The number of nitrogens with zero attached hydrogens (tertiary/aromatic N) is 1. The van der Waals surface area contributed by atoms with Crippen molar-refractivity contribution in [3.63, 3.8) is 0 Å². The maximum absolute atomic E-state index is 11.3. The smallest absolute Gasteiger partial charge is 0.328 e. The summed E-state index contributed by atoms with van der Waals surface area (Å²) in [6.45, 7) is 1.80. The minimum atomic E-state index is -0.452. The maximum atomic E-state index is 11.3. The summed E-state index contributed by atoms with van der Waals surface area (Å²) >= 11 is 0. The lowest BCUT2D eigenvalue weighted by molar-refractivity contribution is 0.541. The van der Waals surface area contributed by atoms with Crippen LogP contribution in [0.1, 0.15) is 5.76 Å². The number of H-pyrrole nitrogens is 1. The normalized spacial score (nSPS) is 10.5. The molecule has 0 unspecified atom stereocenters.